The summed E-state index contributed by atoms with van der Waals surface area (Å²) in [6.07, 6.45) is 3.94. The Balaban J connectivity index is 1.75. The van der Waals surface area contributed by atoms with Gasteiger partial charge in [0.05, 0.1) is 6.33 Å². The Hall–Kier alpha value is -1.70. The molecular weight excluding hydrogens is 336 g/mol. The summed E-state index contributed by atoms with van der Waals surface area (Å²) in [7, 11) is -1.77. The Bertz CT molecular complexity index is 803. The zero-order valence-corrected chi connectivity index (χ0v) is 15.9. The third kappa shape index (κ3) is 3.63. The van der Waals surface area contributed by atoms with Crippen molar-refractivity contribution in [2.24, 2.45) is 7.05 Å². The first-order valence-corrected chi connectivity index (χ1v) is 10.2. The first kappa shape index (κ1) is 18.1. The van der Waals surface area contributed by atoms with Crippen molar-refractivity contribution in [3.05, 3.63) is 48.4 Å². The minimum atomic E-state index is -3.55. The summed E-state index contributed by atoms with van der Waals surface area (Å²) < 4.78 is 29.2. The van der Waals surface area contributed by atoms with E-state index in [1.807, 2.05) is 25.1 Å². The van der Waals surface area contributed by atoms with Crippen molar-refractivity contribution in [1.82, 2.24) is 18.8 Å². The number of hydrogen-bond donors (Lipinski definition) is 0. The molecule has 0 N–H and O–H groups in total. The van der Waals surface area contributed by atoms with Gasteiger partial charge in [0, 0.05) is 45.0 Å². The topological polar surface area (TPSA) is 58.4 Å². The van der Waals surface area contributed by atoms with Gasteiger partial charge in [-0.2, -0.15) is 4.31 Å². The van der Waals surface area contributed by atoms with Crippen LogP contribution in [0.2, 0.25) is 0 Å². The van der Waals surface area contributed by atoms with Gasteiger partial charge in [-0.15, -0.1) is 0 Å². The number of likely N-dealkylation sites (N-methyl/N-ethyl adjacent to an activating group) is 1. The highest BCUT2D eigenvalue weighted by molar-refractivity contribution is 7.89. The van der Waals surface area contributed by atoms with E-state index in [1.54, 1.807) is 22.1 Å². The number of benzene rings is 1. The van der Waals surface area contributed by atoms with Crippen molar-refractivity contribution < 1.29 is 8.42 Å². The molecular formula is C18H26N4O2S. The fraction of sp³-hybridized carbons (Fsp3) is 0.500. The Morgan fingerprint density at radius 2 is 2.04 bits per heavy atom. The lowest BCUT2D eigenvalue weighted by molar-refractivity contribution is 0.239. The second-order valence-corrected chi connectivity index (χ2v) is 8.45. The van der Waals surface area contributed by atoms with Gasteiger partial charge in [-0.05, 0) is 18.9 Å². The molecule has 136 valence electrons. The van der Waals surface area contributed by atoms with Crippen LogP contribution in [0.4, 0.5) is 0 Å². The van der Waals surface area contributed by atoms with Gasteiger partial charge in [-0.25, -0.2) is 13.4 Å². The molecule has 2 atom stereocenters. The van der Waals surface area contributed by atoms with E-state index in [0.717, 1.165) is 19.5 Å². The fourth-order valence-corrected chi connectivity index (χ4v) is 5.19. The number of rotatable bonds is 6. The van der Waals surface area contributed by atoms with Gasteiger partial charge < -0.3 is 4.57 Å². The van der Waals surface area contributed by atoms with E-state index in [1.165, 1.54) is 11.9 Å². The standard InChI is InChI=1S/C18H26N4O2S/c1-4-22(25(23,24)18-13-20(3)14-19-18)17-10-11-21(12-17)15(2)16-8-6-5-7-9-16/h5-9,13-15,17H,4,10-12H2,1-3H3/t15-,17+/m0/s1. The quantitative estimate of drug-likeness (QED) is 0.791. The van der Waals surface area contributed by atoms with E-state index in [0.29, 0.717) is 6.54 Å². The Labute approximate surface area is 150 Å². The van der Waals surface area contributed by atoms with Gasteiger partial charge in [0.1, 0.15) is 0 Å². The maximum absolute atomic E-state index is 12.9. The number of likely N-dealkylation sites (tertiary alicyclic amines) is 1. The molecule has 1 aliphatic heterocycles. The Morgan fingerprint density at radius 1 is 1.32 bits per heavy atom. The molecule has 1 saturated heterocycles. The first-order valence-electron chi connectivity index (χ1n) is 8.72. The molecule has 0 radical (unpaired) electrons. The highest BCUT2D eigenvalue weighted by Gasteiger charge is 2.37. The molecule has 1 aliphatic rings. The Kier molecular flexibility index (Phi) is 5.27. The van der Waals surface area contributed by atoms with Crippen molar-refractivity contribution in [3.8, 4) is 0 Å². The molecule has 3 rings (SSSR count). The summed E-state index contributed by atoms with van der Waals surface area (Å²) in [6, 6.07) is 10.6. The summed E-state index contributed by atoms with van der Waals surface area (Å²) in [5.41, 5.74) is 1.26. The summed E-state index contributed by atoms with van der Waals surface area (Å²) in [6.45, 7) is 6.17. The van der Waals surface area contributed by atoms with Crippen LogP contribution >= 0.6 is 0 Å². The van der Waals surface area contributed by atoms with Crippen LogP contribution in [0.1, 0.15) is 31.9 Å². The molecule has 1 aromatic carbocycles. The molecule has 0 unspecified atom stereocenters. The summed E-state index contributed by atoms with van der Waals surface area (Å²) >= 11 is 0. The third-order valence-electron chi connectivity index (χ3n) is 5.00. The minimum absolute atomic E-state index is 0.0110. The average molecular weight is 362 g/mol. The maximum atomic E-state index is 12.9. The molecule has 1 aromatic heterocycles. The molecule has 0 spiro atoms. The van der Waals surface area contributed by atoms with E-state index in [4.69, 9.17) is 0 Å². The van der Waals surface area contributed by atoms with Crippen molar-refractivity contribution in [1.29, 1.82) is 0 Å². The monoisotopic (exact) mass is 362 g/mol. The van der Waals surface area contributed by atoms with Crippen LogP contribution in [-0.4, -0.2) is 52.9 Å². The second-order valence-electron chi connectivity index (χ2n) is 6.61. The lowest BCUT2D eigenvalue weighted by Crippen LogP contribution is -2.42. The molecule has 0 aliphatic carbocycles. The van der Waals surface area contributed by atoms with Crippen molar-refractivity contribution in [2.75, 3.05) is 19.6 Å². The van der Waals surface area contributed by atoms with Gasteiger partial charge >= 0.3 is 0 Å². The van der Waals surface area contributed by atoms with E-state index >= 15 is 0 Å². The molecule has 0 saturated carbocycles. The largest absolute Gasteiger partial charge is 0.339 e. The van der Waals surface area contributed by atoms with E-state index in [2.05, 4.69) is 28.9 Å². The normalized spacial score (nSPS) is 20.2. The average Bonchev–Trinajstić information content (AvgIpc) is 3.25. The smallest absolute Gasteiger partial charge is 0.262 e. The highest BCUT2D eigenvalue weighted by Crippen LogP contribution is 2.28. The molecule has 6 nitrogen and oxygen atoms in total. The van der Waals surface area contributed by atoms with Crippen LogP contribution < -0.4 is 0 Å². The number of hydrogen-bond acceptors (Lipinski definition) is 4. The number of imidazole rings is 1. The van der Waals surface area contributed by atoms with Gasteiger partial charge in [0.25, 0.3) is 10.0 Å². The maximum Gasteiger partial charge on any atom is 0.262 e. The van der Waals surface area contributed by atoms with E-state index in [-0.39, 0.29) is 17.1 Å². The van der Waals surface area contributed by atoms with E-state index in [9.17, 15) is 8.42 Å². The zero-order valence-electron chi connectivity index (χ0n) is 15.0. The minimum Gasteiger partial charge on any atom is -0.339 e. The van der Waals surface area contributed by atoms with Crippen LogP contribution in [0.3, 0.4) is 0 Å². The molecule has 0 bridgehead atoms. The van der Waals surface area contributed by atoms with Gasteiger partial charge in [-0.3, -0.25) is 4.90 Å². The van der Waals surface area contributed by atoms with Crippen LogP contribution in [0.5, 0.6) is 0 Å². The molecule has 2 aromatic rings. The van der Waals surface area contributed by atoms with Crippen LogP contribution in [0.25, 0.3) is 0 Å². The van der Waals surface area contributed by atoms with Crippen molar-refractivity contribution in [3.63, 3.8) is 0 Å². The van der Waals surface area contributed by atoms with Crippen LogP contribution in [0.15, 0.2) is 47.9 Å². The van der Waals surface area contributed by atoms with Crippen molar-refractivity contribution in [2.45, 2.75) is 37.4 Å². The lowest BCUT2D eigenvalue weighted by Gasteiger charge is -2.28. The van der Waals surface area contributed by atoms with Crippen molar-refractivity contribution >= 4 is 10.0 Å². The third-order valence-corrected chi connectivity index (χ3v) is 6.91. The van der Waals surface area contributed by atoms with Crippen LogP contribution in [0, 0.1) is 0 Å². The molecule has 1 fully saturated rings. The number of aryl methyl sites for hydroxylation is 1. The lowest BCUT2D eigenvalue weighted by atomic mass is 10.1. The predicted octanol–water partition coefficient (Wildman–Crippen LogP) is 2.27. The summed E-state index contributed by atoms with van der Waals surface area (Å²) in [4.78, 5) is 6.41. The molecule has 7 heteroatoms. The molecule has 25 heavy (non-hydrogen) atoms. The number of nitrogens with zero attached hydrogens (tertiary/aromatic N) is 4. The SMILES string of the molecule is CCN([C@@H]1CCN([C@@H](C)c2ccccc2)C1)S(=O)(=O)c1cn(C)cn1. The highest BCUT2D eigenvalue weighted by atomic mass is 32.2. The predicted molar refractivity (Wildman–Crippen MR) is 97.6 cm³/mol. The van der Waals surface area contributed by atoms with Gasteiger partial charge in [0.2, 0.25) is 0 Å². The molecule has 2 heterocycles. The first-order chi connectivity index (χ1) is 11.9. The Morgan fingerprint density at radius 3 is 2.64 bits per heavy atom. The fourth-order valence-electron chi connectivity index (χ4n) is 3.56. The number of aromatic nitrogens is 2. The number of sulfonamides is 1. The summed E-state index contributed by atoms with van der Waals surface area (Å²) in [5, 5.41) is 0.131. The summed E-state index contributed by atoms with van der Waals surface area (Å²) in [5.74, 6) is 0. The van der Waals surface area contributed by atoms with E-state index < -0.39 is 10.0 Å². The van der Waals surface area contributed by atoms with Gasteiger partial charge in [-0.1, -0.05) is 37.3 Å². The molecule has 0 amide bonds. The second kappa shape index (κ2) is 7.27. The van der Waals surface area contributed by atoms with Gasteiger partial charge in [0.15, 0.2) is 5.03 Å². The van der Waals surface area contributed by atoms with Crippen LogP contribution in [-0.2, 0) is 17.1 Å². The zero-order chi connectivity index (χ0) is 18.0.